The summed E-state index contributed by atoms with van der Waals surface area (Å²) < 4.78 is 1.30. The van der Waals surface area contributed by atoms with Gasteiger partial charge in [0.2, 0.25) is 0 Å². The zero-order valence-corrected chi connectivity index (χ0v) is 6.37. The molecular weight excluding hydrogens is 167 g/mol. The Bertz CT molecular complexity index is 614. The van der Waals surface area contributed by atoms with Crippen molar-refractivity contribution in [2.24, 2.45) is 0 Å². The van der Waals surface area contributed by atoms with Crippen LogP contribution in [0.4, 0.5) is 0 Å². The van der Waals surface area contributed by atoms with Crippen molar-refractivity contribution in [1.82, 2.24) is 19.5 Å². The maximum Gasteiger partial charge on any atom is 0.291 e. The molecule has 1 aliphatic heterocycles. The predicted octanol–water partition coefficient (Wildman–Crippen LogP) is -2.46. The van der Waals surface area contributed by atoms with E-state index in [0.717, 1.165) is 0 Å². The van der Waals surface area contributed by atoms with Gasteiger partial charge in [-0.3, -0.25) is 5.41 Å². The minimum absolute atomic E-state index is 0.129. The highest BCUT2D eigenvalue weighted by Crippen LogP contribution is 2.01. The Morgan fingerprint density at radius 1 is 1.54 bits per heavy atom. The normalized spacial score (nSPS) is 11.9. The summed E-state index contributed by atoms with van der Waals surface area (Å²) in [6.45, 7) is 0. The Morgan fingerprint density at radius 2 is 2.38 bits per heavy atom. The van der Waals surface area contributed by atoms with Crippen molar-refractivity contribution in [1.29, 1.82) is 10.7 Å². The van der Waals surface area contributed by atoms with E-state index >= 15 is 0 Å². The van der Waals surface area contributed by atoms with E-state index in [1.165, 1.54) is 4.57 Å². The molecule has 0 atom stereocenters. The summed E-state index contributed by atoms with van der Waals surface area (Å²) >= 11 is 0. The van der Waals surface area contributed by atoms with Gasteiger partial charge in [-0.25, -0.2) is 14.5 Å². The molecule has 1 aliphatic rings. The number of imidazole rings is 1. The van der Waals surface area contributed by atoms with Crippen LogP contribution in [-0.2, 0) is 0 Å². The van der Waals surface area contributed by atoms with Crippen LogP contribution in [0.5, 0.6) is 0 Å². The summed E-state index contributed by atoms with van der Waals surface area (Å²) in [7, 11) is 1.64. The fourth-order valence-electron chi connectivity index (χ4n) is 1.42. The van der Waals surface area contributed by atoms with Crippen molar-refractivity contribution in [3.8, 4) is 6.19 Å². The number of aromatic nitrogens is 4. The Kier molecular flexibility index (Phi) is 0.888. The second-order valence-corrected chi connectivity index (χ2v) is 2.72. The number of hydrogen-bond donors (Lipinski definition) is 2. The molecule has 0 fully saturated rings. The van der Waals surface area contributed by atoms with Crippen LogP contribution < -0.4 is 16.9 Å². The highest BCUT2D eigenvalue weighted by molar-refractivity contribution is 6.65. The van der Waals surface area contributed by atoms with Gasteiger partial charge >= 0.3 is 0 Å². The molecule has 2 N–H and O–H groups in total. The average Bonchev–Trinajstić information content (AvgIpc) is 2.37. The number of aromatic amines is 1. The Labute approximate surface area is 72.6 Å². The molecule has 0 spiro atoms. The van der Waals surface area contributed by atoms with E-state index in [1.54, 1.807) is 7.28 Å². The first-order valence-corrected chi connectivity index (χ1v) is 3.62. The van der Waals surface area contributed by atoms with Crippen LogP contribution >= 0.6 is 0 Å². The number of rotatable bonds is 0. The monoisotopic (exact) mass is 169 g/mol. The van der Waals surface area contributed by atoms with Crippen molar-refractivity contribution in [3.05, 3.63) is 5.49 Å². The number of nitriles is 1. The highest BCUT2D eigenvalue weighted by Gasteiger charge is 2.21. The molecule has 0 saturated heterocycles. The molecule has 0 aromatic carbocycles. The summed E-state index contributed by atoms with van der Waals surface area (Å²) in [6.07, 6.45) is 1.95. The number of H-pyrrole nitrogens is 1. The first kappa shape index (κ1) is 6.42. The third-order valence-corrected chi connectivity index (χ3v) is 1.97. The van der Waals surface area contributed by atoms with Crippen molar-refractivity contribution >= 4 is 29.9 Å². The predicted molar refractivity (Wildman–Crippen MR) is 43.8 cm³/mol. The van der Waals surface area contributed by atoms with E-state index in [0.29, 0.717) is 22.6 Å². The molecule has 13 heavy (non-hydrogen) atoms. The molecule has 6 nitrogen and oxygen atoms in total. The van der Waals surface area contributed by atoms with Gasteiger partial charge in [0.05, 0.1) is 11.4 Å². The van der Waals surface area contributed by atoms with Gasteiger partial charge in [0.1, 0.15) is 5.52 Å². The van der Waals surface area contributed by atoms with Gasteiger partial charge in [0, 0.05) is 0 Å². The fourth-order valence-corrected chi connectivity index (χ4v) is 1.42. The molecule has 1 radical (unpaired) electrons. The molecule has 0 amide bonds. The smallest absolute Gasteiger partial charge is 0.291 e. The van der Waals surface area contributed by atoms with Gasteiger partial charge in [-0.1, -0.05) is 0 Å². The lowest BCUT2D eigenvalue weighted by molar-refractivity contribution is 1.03. The molecule has 3 rings (SSSR count). The Morgan fingerprint density at radius 3 is 3.15 bits per heavy atom. The fraction of sp³-hybridized carbons (Fsp3) is 0. The topological polar surface area (TPSA) is 94.1 Å². The standard InChI is InChI=1S/C6H2BN6/c8-1-13-4-2-3(9)11-6(13)7-5(10-2)12-4/h9H,(H,10,12). The highest BCUT2D eigenvalue weighted by atomic mass is 15.1. The van der Waals surface area contributed by atoms with Crippen LogP contribution in [0.2, 0.25) is 0 Å². The van der Waals surface area contributed by atoms with Crippen LogP contribution in [0, 0.1) is 16.9 Å². The number of nitrogens with one attached hydrogen (secondary N) is 2. The minimum atomic E-state index is 0.129. The second-order valence-electron chi connectivity index (χ2n) is 2.72. The Hall–Kier alpha value is -2.10. The molecule has 0 saturated carbocycles. The van der Waals surface area contributed by atoms with Crippen molar-refractivity contribution < 1.29 is 0 Å². The van der Waals surface area contributed by atoms with Crippen LogP contribution in [0.15, 0.2) is 0 Å². The maximum absolute atomic E-state index is 8.79. The summed E-state index contributed by atoms with van der Waals surface area (Å²) in [6, 6.07) is 0. The van der Waals surface area contributed by atoms with E-state index in [1.807, 2.05) is 6.19 Å². The number of nitrogens with zero attached hydrogens (tertiary/aromatic N) is 4. The van der Waals surface area contributed by atoms with Crippen molar-refractivity contribution in [3.63, 3.8) is 0 Å². The average molecular weight is 169 g/mol. The maximum atomic E-state index is 8.79. The van der Waals surface area contributed by atoms with Gasteiger partial charge in [0.15, 0.2) is 17.3 Å². The summed E-state index contributed by atoms with van der Waals surface area (Å²) in [5.41, 5.74) is 2.23. The first-order valence-electron chi connectivity index (χ1n) is 3.62. The van der Waals surface area contributed by atoms with Gasteiger partial charge in [-0.05, 0) is 0 Å². The molecule has 2 aromatic heterocycles. The van der Waals surface area contributed by atoms with Crippen LogP contribution in [0.1, 0.15) is 0 Å². The summed E-state index contributed by atoms with van der Waals surface area (Å²) in [5, 5.41) is 16.3. The van der Waals surface area contributed by atoms with E-state index in [4.69, 9.17) is 10.7 Å². The lowest BCUT2D eigenvalue weighted by atomic mass is 9.76. The third kappa shape index (κ3) is 0.608. The molecule has 7 heteroatoms. The summed E-state index contributed by atoms with van der Waals surface area (Å²) in [5.74, 6) is 0. The SMILES string of the molecule is N#Cn1c2nc(=N)c3[nH]c(nc31)[B]2. The van der Waals surface area contributed by atoms with Crippen molar-refractivity contribution in [2.45, 2.75) is 0 Å². The van der Waals surface area contributed by atoms with Gasteiger partial charge in [-0.15, -0.1) is 0 Å². The largest absolute Gasteiger partial charge is 0.346 e. The molecule has 0 aliphatic carbocycles. The minimum Gasteiger partial charge on any atom is -0.346 e. The Balaban J connectivity index is 2.72. The number of fused-ring (bicyclic) bond motifs is 2. The van der Waals surface area contributed by atoms with Gasteiger partial charge < -0.3 is 4.98 Å². The lowest BCUT2D eigenvalue weighted by Gasteiger charge is -2.04. The lowest BCUT2D eigenvalue weighted by Crippen LogP contribution is -2.42. The summed E-state index contributed by atoms with van der Waals surface area (Å²) in [4.78, 5) is 10.9. The van der Waals surface area contributed by atoms with Gasteiger partial charge in [0.25, 0.3) is 7.28 Å². The van der Waals surface area contributed by atoms with E-state index in [2.05, 4.69) is 15.0 Å². The molecular formula is C6H2BN6. The third-order valence-electron chi connectivity index (χ3n) is 1.97. The van der Waals surface area contributed by atoms with Crippen molar-refractivity contribution in [2.75, 3.05) is 0 Å². The van der Waals surface area contributed by atoms with E-state index in [-0.39, 0.29) is 5.49 Å². The van der Waals surface area contributed by atoms with E-state index in [9.17, 15) is 0 Å². The molecule has 3 bridgehead atoms. The molecule has 59 valence electrons. The van der Waals surface area contributed by atoms with E-state index < -0.39 is 0 Å². The molecule has 2 aromatic rings. The van der Waals surface area contributed by atoms with Crippen LogP contribution in [0.25, 0.3) is 11.2 Å². The number of hydrogen-bond acceptors (Lipinski definition) is 4. The van der Waals surface area contributed by atoms with Gasteiger partial charge in [-0.2, -0.15) is 5.26 Å². The second kappa shape index (κ2) is 1.80. The zero-order chi connectivity index (χ0) is 9.00. The van der Waals surface area contributed by atoms with Crippen LogP contribution in [0.3, 0.4) is 0 Å². The zero-order valence-electron chi connectivity index (χ0n) is 6.37. The van der Waals surface area contributed by atoms with Crippen LogP contribution in [-0.4, -0.2) is 26.8 Å². The molecule has 3 heterocycles. The first-order chi connectivity index (χ1) is 6.29. The quantitative estimate of drug-likeness (QED) is 0.365. The molecule has 0 unspecified atom stereocenters.